The molecule has 1 heterocycles. The zero-order valence-electron chi connectivity index (χ0n) is 11.5. The topological polar surface area (TPSA) is 28.0 Å². The van der Waals surface area contributed by atoms with Gasteiger partial charge in [-0.2, -0.15) is 5.11 Å². The molecule has 6 atom stereocenters. The van der Waals surface area contributed by atoms with Crippen LogP contribution in [0.1, 0.15) is 18.4 Å². The van der Waals surface area contributed by atoms with Crippen LogP contribution in [0.25, 0.3) is 0 Å². The number of nitrogens with zero attached hydrogens (tertiary/aromatic N) is 3. The summed E-state index contributed by atoms with van der Waals surface area (Å²) >= 11 is 0. The van der Waals surface area contributed by atoms with Gasteiger partial charge < -0.3 is 0 Å². The fourth-order valence-electron chi connectivity index (χ4n) is 5.17. The van der Waals surface area contributed by atoms with Crippen molar-refractivity contribution in [2.75, 3.05) is 0 Å². The molecule has 4 aliphatic rings. The second kappa shape index (κ2) is 3.94. The third-order valence-electron chi connectivity index (χ3n) is 5.91. The van der Waals surface area contributed by atoms with Crippen molar-refractivity contribution in [2.45, 2.75) is 31.5 Å². The third kappa shape index (κ3) is 1.36. The molecule has 3 aliphatic carbocycles. The lowest BCUT2D eigenvalue weighted by Gasteiger charge is -2.35. The molecule has 20 heavy (non-hydrogen) atoms. The quantitative estimate of drug-likeness (QED) is 0.753. The third-order valence-corrected chi connectivity index (χ3v) is 5.91. The first-order chi connectivity index (χ1) is 9.92. The Hall–Kier alpha value is -1.64. The van der Waals surface area contributed by atoms with Crippen molar-refractivity contribution >= 4 is 0 Å². The van der Waals surface area contributed by atoms with Gasteiger partial charge in [-0.15, -0.1) is 0 Å². The highest BCUT2D eigenvalue weighted by molar-refractivity contribution is 5.22. The van der Waals surface area contributed by atoms with Crippen LogP contribution in [-0.4, -0.2) is 17.1 Å². The Kier molecular flexibility index (Phi) is 2.18. The zero-order chi connectivity index (χ0) is 13.1. The lowest BCUT2D eigenvalue weighted by atomic mass is 9.76. The van der Waals surface area contributed by atoms with Gasteiger partial charge in [-0.05, 0) is 42.1 Å². The van der Waals surface area contributed by atoms with E-state index in [0.29, 0.717) is 12.1 Å². The Bertz CT molecular complexity index is 579. The van der Waals surface area contributed by atoms with Crippen molar-refractivity contribution in [1.82, 2.24) is 5.01 Å². The molecule has 1 aromatic carbocycles. The van der Waals surface area contributed by atoms with Crippen molar-refractivity contribution in [1.29, 1.82) is 0 Å². The van der Waals surface area contributed by atoms with Gasteiger partial charge in [0.05, 0.1) is 18.6 Å². The number of allylic oxidation sites excluding steroid dienone is 2. The largest absolute Gasteiger partial charge is 0.269 e. The molecule has 0 saturated heterocycles. The van der Waals surface area contributed by atoms with Crippen molar-refractivity contribution in [2.24, 2.45) is 34.0 Å². The van der Waals surface area contributed by atoms with Gasteiger partial charge in [-0.25, -0.2) is 0 Å². The number of rotatable bonds is 2. The van der Waals surface area contributed by atoms with Gasteiger partial charge in [-0.3, -0.25) is 5.01 Å². The lowest BCUT2D eigenvalue weighted by Crippen LogP contribution is -2.44. The van der Waals surface area contributed by atoms with E-state index >= 15 is 0 Å². The molecule has 2 fully saturated rings. The van der Waals surface area contributed by atoms with E-state index in [1.807, 2.05) is 0 Å². The second-order valence-corrected chi connectivity index (χ2v) is 6.74. The summed E-state index contributed by atoms with van der Waals surface area (Å²) < 4.78 is 0. The van der Waals surface area contributed by atoms with Gasteiger partial charge in [0, 0.05) is 0 Å². The summed E-state index contributed by atoms with van der Waals surface area (Å²) in [5.41, 5.74) is 1.34. The summed E-state index contributed by atoms with van der Waals surface area (Å²) in [6, 6.07) is 11.7. The first kappa shape index (κ1) is 11.1. The summed E-state index contributed by atoms with van der Waals surface area (Å²) in [6.07, 6.45) is 7.53. The van der Waals surface area contributed by atoms with Crippen LogP contribution in [0.15, 0.2) is 52.8 Å². The Morgan fingerprint density at radius 3 is 2.90 bits per heavy atom. The number of hydrogen-bond acceptors (Lipinski definition) is 3. The molecule has 3 heteroatoms. The molecule has 2 bridgehead atoms. The first-order valence-corrected chi connectivity index (χ1v) is 7.80. The number of hydrogen-bond donors (Lipinski definition) is 0. The minimum atomic E-state index is 0.477. The first-order valence-electron chi connectivity index (χ1n) is 7.80. The zero-order valence-corrected chi connectivity index (χ0v) is 11.5. The molecule has 0 spiro atoms. The van der Waals surface area contributed by atoms with Crippen LogP contribution in [0.3, 0.4) is 0 Å². The van der Waals surface area contributed by atoms with Gasteiger partial charge in [-0.1, -0.05) is 47.7 Å². The average Bonchev–Trinajstić information content (AvgIpc) is 3.18. The lowest BCUT2D eigenvalue weighted by molar-refractivity contribution is 0.119. The maximum Gasteiger partial charge on any atom is 0.0983 e. The Balaban J connectivity index is 1.42. The molecular weight excluding hydrogens is 246 g/mol. The van der Waals surface area contributed by atoms with Crippen LogP contribution in [0.2, 0.25) is 0 Å². The molecule has 102 valence electrons. The molecular formula is C17H19N3. The van der Waals surface area contributed by atoms with E-state index in [-0.39, 0.29) is 0 Å². The SMILES string of the molecule is C1=C[C@H]2[C@H](C1)[C@@H]1C[C@@H]2[C@@H]2[C@@H]1N=NN2Cc1ccccc1. The summed E-state index contributed by atoms with van der Waals surface area (Å²) in [4.78, 5) is 0. The Labute approximate surface area is 119 Å². The highest BCUT2D eigenvalue weighted by atomic mass is 15.6. The van der Waals surface area contributed by atoms with Gasteiger partial charge in [0.15, 0.2) is 0 Å². The van der Waals surface area contributed by atoms with Crippen molar-refractivity contribution in [3.63, 3.8) is 0 Å². The smallest absolute Gasteiger partial charge is 0.0983 e. The van der Waals surface area contributed by atoms with Crippen LogP contribution in [-0.2, 0) is 6.54 Å². The van der Waals surface area contributed by atoms with Gasteiger partial charge >= 0.3 is 0 Å². The summed E-state index contributed by atoms with van der Waals surface area (Å²) in [5.74, 6) is 3.25. The second-order valence-electron chi connectivity index (χ2n) is 6.74. The average molecular weight is 265 g/mol. The molecule has 5 rings (SSSR count). The van der Waals surface area contributed by atoms with Gasteiger partial charge in [0.2, 0.25) is 0 Å². The predicted octanol–water partition coefficient (Wildman–Crippen LogP) is 3.45. The van der Waals surface area contributed by atoms with E-state index in [1.165, 1.54) is 18.4 Å². The highest BCUT2D eigenvalue weighted by Gasteiger charge is 2.61. The van der Waals surface area contributed by atoms with E-state index in [9.17, 15) is 0 Å². The molecule has 0 unspecified atom stereocenters. The molecule has 0 radical (unpaired) electrons. The fourth-order valence-corrected chi connectivity index (χ4v) is 5.17. The van der Waals surface area contributed by atoms with E-state index in [1.54, 1.807) is 0 Å². The van der Waals surface area contributed by atoms with Crippen LogP contribution in [0.5, 0.6) is 0 Å². The highest BCUT2D eigenvalue weighted by Crippen LogP contribution is 2.60. The maximum atomic E-state index is 4.64. The normalized spacial score (nSPS) is 43.3. The minimum Gasteiger partial charge on any atom is -0.269 e. The molecule has 2 saturated carbocycles. The Morgan fingerprint density at radius 1 is 1.10 bits per heavy atom. The van der Waals surface area contributed by atoms with Gasteiger partial charge in [0.25, 0.3) is 0 Å². The van der Waals surface area contributed by atoms with Crippen molar-refractivity contribution in [3.05, 3.63) is 48.0 Å². The molecule has 0 aromatic heterocycles. The predicted molar refractivity (Wildman–Crippen MR) is 76.8 cm³/mol. The fraction of sp³-hybridized carbons (Fsp3) is 0.529. The molecule has 0 amide bonds. The standard InChI is InChI=1S/C17H19N3/c1-2-5-11(6-3-1)10-20-17-15-9-14(16(17)18-19-20)12-7-4-8-13(12)15/h1-6,8,12-17H,7,9-10H2/t12-,13-,14-,15-,16+,17+/m0/s1. The molecule has 1 aliphatic heterocycles. The van der Waals surface area contributed by atoms with E-state index in [2.05, 4.69) is 57.8 Å². The van der Waals surface area contributed by atoms with Crippen LogP contribution in [0.4, 0.5) is 0 Å². The van der Waals surface area contributed by atoms with Gasteiger partial charge in [0.1, 0.15) is 0 Å². The van der Waals surface area contributed by atoms with Crippen molar-refractivity contribution < 1.29 is 0 Å². The maximum absolute atomic E-state index is 4.64. The van der Waals surface area contributed by atoms with Crippen LogP contribution < -0.4 is 0 Å². The molecule has 3 nitrogen and oxygen atoms in total. The van der Waals surface area contributed by atoms with E-state index < -0.39 is 0 Å². The monoisotopic (exact) mass is 265 g/mol. The number of fused-ring (bicyclic) bond motifs is 8. The molecule has 0 N–H and O–H groups in total. The van der Waals surface area contributed by atoms with E-state index in [4.69, 9.17) is 0 Å². The summed E-state index contributed by atoms with van der Waals surface area (Å²) in [5, 5.41) is 11.4. The summed E-state index contributed by atoms with van der Waals surface area (Å²) in [6.45, 7) is 0.913. The number of benzene rings is 1. The Morgan fingerprint density at radius 2 is 2.00 bits per heavy atom. The van der Waals surface area contributed by atoms with Crippen LogP contribution in [0, 0.1) is 23.7 Å². The minimum absolute atomic E-state index is 0.477. The van der Waals surface area contributed by atoms with E-state index in [0.717, 1.165) is 30.2 Å². The molecule has 1 aromatic rings. The van der Waals surface area contributed by atoms with Crippen LogP contribution >= 0.6 is 0 Å². The van der Waals surface area contributed by atoms with Crippen molar-refractivity contribution in [3.8, 4) is 0 Å². The summed E-state index contributed by atoms with van der Waals surface area (Å²) in [7, 11) is 0.